The number of benzene rings is 2. The van der Waals surface area contributed by atoms with Gasteiger partial charge in [0.1, 0.15) is 0 Å². The third-order valence-corrected chi connectivity index (χ3v) is 5.87. The number of hydrogen-bond acceptors (Lipinski definition) is 4. The third kappa shape index (κ3) is 5.67. The Labute approximate surface area is 172 Å². The van der Waals surface area contributed by atoms with Crippen molar-refractivity contribution in [2.45, 2.75) is 38.6 Å². The van der Waals surface area contributed by atoms with Crippen LogP contribution in [0.5, 0.6) is 0 Å². The summed E-state index contributed by atoms with van der Waals surface area (Å²) in [5.41, 5.74) is 1.31. The van der Waals surface area contributed by atoms with Crippen LogP contribution in [0.4, 0.5) is 5.69 Å². The molecule has 0 saturated carbocycles. The average molecular weight is 417 g/mol. The Kier molecular flexibility index (Phi) is 6.53. The lowest BCUT2D eigenvalue weighted by Gasteiger charge is -2.26. The van der Waals surface area contributed by atoms with Crippen molar-refractivity contribution >= 4 is 27.3 Å². The van der Waals surface area contributed by atoms with Crippen LogP contribution in [0.3, 0.4) is 0 Å². The molecule has 1 unspecified atom stereocenters. The van der Waals surface area contributed by atoms with Gasteiger partial charge >= 0.3 is 0 Å². The van der Waals surface area contributed by atoms with E-state index in [1.54, 1.807) is 60.5 Å². The molecule has 0 aromatic heterocycles. The zero-order valence-corrected chi connectivity index (χ0v) is 18.5. The quantitative estimate of drug-likeness (QED) is 0.801. The van der Waals surface area contributed by atoms with Crippen molar-refractivity contribution in [3.63, 3.8) is 0 Å². The molecule has 1 N–H and O–H groups in total. The Hall–Kier alpha value is -2.67. The molecule has 2 amide bonds. The van der Waals surface area contributed by atoms with Crippen molar-refractivity contribution in [2.24, 2.45) is 5.41 Å². The van der Waals surface area contributed by atoms with Crippen LogP contribution in [0, 0.1) is 5.41 Å². The largest absolute Gasteiger partial charge is 0.335 e. The van der Waals surface area contributed by atoms with Crippen molar-refractivity contribution < 1.29 is 18.0 Å². The van der Waals surface area contributed by atoms with Crippen LogP contribution in [0.15, 0.2) is 53.4 Å². The summed E-state index contributed by atoms with van der Waals surface area (Å²) in [6, 6.07) is 13.1. The van der Waals surface area contributed by atoms with Crippen molar-refractivity contribution in [1.29, 1.82) is 0 Å². The molecular formula is C22H28N2O4S. The van der Waals surface area contributed by atoms with Gasteiger partial charge in [-0.15, -0.1) is 0 Å². The minimum atomic E-state index is -3.27. The Morgan fingerprint density at radius 2 is 1.62 bits per heavy atom. The zero-order valence-electron chi connectivity index (χ0n) is 17.7. The van der Waals surface area contributed by atoms with Crippen LogP contribution in [0.2, 0.25) is 0 Å². The summed E-state index contributed by atoms with van der Waals surface area (Å²) in [5.74, 6) is -0.327. The minimum absolute atomic E-state index is 0.130. The molecule has 2 aromatic rings. The molecule has 0 heterocycles. The van der Waals surface area contributed by atoms with Crippen molar-refractivity contribution in [3.05, 3.63) is 59.7 Å². The molecular weight excluding hydrogens is 388 g/mol. The Morgan fingerprint density at radius 1 is 1.03 bits per heavy atom. The second-order valence-corrected chi connectivity index (χ2v) is 10.2. The Morgan fingerprint density at radius 3 is 2.14 bits per heavy atom. The number of hydrogen-bond donors (Lipinski definition) is 1. The summed E-state index contributed by atoms with van der Waals surface area (Å²) < 4.78 is 23.2. The normalized spacial score (nSPS) is 12.9. The lowest BCUT2D eigenvalue weighted by atomic mass is 9.95. The van der Waals surface area contributed by atoms with Gasteiger partial charge in [-0.25, -0.2) is 8.42 Å². The predicted octanol–water partition coefficient (Wildman–Crippen LogP) is 3.91. The molecule has 0 bridgehead atoms. The molecule has 0 spiro atoms. The molecule has 0 saturated heterocycles. The molecule has 0 radical (unpaired) electrons. The van der Waals surface area contributed by atoms with Gasteiger partial charge in [-0.05, 0) is 42.8 Å². The van der Waals surface area contributed by atoms with Crippen molar-refractivity contribution in [1.82, 2.24) is 4.90 Å². The number of nitrogens with zero attached hydrogens (tertiary/aromatic N) is 1. The highest BCUT2D eigenvalue weighted by atomic mass is 32.2. The number of sulfone groups is 1. The highest BCUT2D eigenvalue weighted by Gasteiger charge is 2.23. The molecule has 2 aromatic carbocycles. The summed E-state index contributed by atoms with van der Waals surface area (Å²) in [4.78, 5) is 27.0. The van der Waals surface area contributed by atoms with Crippen LogP contribution in [-0.2, 0) is 14.6 Å². The molecule has 0 aliphatic heterocycles. The number of carbonyl (C=O) groups is 2. The van der Waals surface area contributed by atoms with E-state index in [1.165, 1.54) is 0 Å². The summed E-state index contributed by atoms with van der Waals surface area (Å²) in [7, 11) is -1.57. The first-order valence-corrected chi connectivity index (χ1v) is 11.2. The number of amides is 2. The first-order chi connectivity index (χ1) is 13.3. The second-order valence-electron chi connectivity index (χ2n) is 8.22. The molecule has 156 valence electrons. The fraction of sp³-hybridized carbons (Fsp3) is 0.364. The van der Waals surface area contributed by atoms with Crippen LogP contribution in [0.1, 0.15) is 49.7 Å². The SMILES string of the molecule is CC(c1ccc(S(C)(=O)=O)cc1)N(C)C(=O)c1cccc(NC(=O)C(C)(C)C)c1. The number of carbonyl (C=O) groups excluding carboxylic acids is 2. The third-order valence-electron chi connectivity index (χ3n) is 4.74. The lowest BCUT2D eigenvalue weighted by Crippen LogP contribution is -2.30. The van der Waals surface area contributed by atoms with Gasteiger partial charge in [0, 0.05) is 30.0 Å². The topological polar surface area (TPSA) is 83.6 Å². The smallest absolute Gasteiger partial charge is 0.254 e. The highest BCUT2D eigenvalue weighted by Crippen LogP contribution is 2.24. The van der Waals surface area contributed by atoms with Crippen LogP contribution in [0.25, 0.3) is 0 Å². The number of nitrogens with one attached hydrogen (secondary N) is 1. The van der Waals surface area contributed by atoms with Gasteiger partial charge in [-0.1, -0.05) is 39.0 Å². The van der Waals surface area contributed by atoms with Crippen molar-refractivity contribution in [2.75, 3.05) is 18.6 Å². The van der Waals surface area contributed by atoms with Gasteiger partial charge in [0.15, 0.2) is 9.84 Å². The van der Waals surface area contributed by atoms with Gasteiger partial charge in [-0.3, -0.25) is 9.59 Å². The summed E-state index contributed by atoms with van der Waals surface area (Å²) >= 11 is 0. The zero-order chi connectivity index (χ0) is 22.0. The first kappa shape index (κ1) is 22.6. The van der Waals surface area contributed by atoms with Gasteiger partial charge in [0.25, 0.3) is 5.91 Å². The maximum absolute atomic E-state index is 12.9. The van der Waals surface area contributed by atoms with Crippen LogP contribution in [-0.4, -0.2) is 38.4 Å². The van der Waals surface area contributed by atoms with E-state index in [0.29, 0.717) is 11.3 Å². The van der Waals surface area contributed by atoms with Crippen LogP contribution < -0.4 is 5.32 Å². The van der Waals surface area contributed by atoms with E-state index < -0.39 is 15.3 Å². The minimum Gasteiger partial charge on any atom is -0.335 e. The fourth-order valence-electron chi connectivity index (χ4n) is 2.65. The molecule has 0 aliphatic rings. The van der Waals surface area contributed by atoms with Crippen molar-refractivity contribution in [3.8, 4) is 0 Å². The molecule has 1 atom stereocenters. The molecule has 0 aliphatic carbocycles. The maximum atomic E-state index is 12.9. The fourth-order valence-corrected chi connectivity index (χ4v) is 3.28. The van der Waals surface area contributed by atoms with E-state index in [4.69, 9.17) is 0 Å². The monoisotopic (exact) mass is 416 g/mol. The van der Waals surface area contributed by atoms with E-state index in [0.717, 1.165) is 11.8 Å². The van der Waals surface area contributed by atoms with Gasteiger partial charge in [0.2, 0.25) is 5.91 Å². The van der Waals surface area contributed by atoms with Gasteiger partial charge < -0.3 is 10.2 Å². The van der Waals surface area contributed by atoms with E-state index in [2.05, 4.69) is 5.32 Å². The van der Waals surface area contributed by atoms with Gasteiger partial charge in [0.05, 0.1) is 10.9 Å². The van der Waals surface area contributed by atoms with Crippen LogP contribution >= 0.6 is 0 Å². The maximum Gasteiger partial charge on any atom is 0.254 e. The average Bonchev–Trinajstić information content (AvgIpc) is 2.65. The molecule has 0 fully saturated rings. The van der Waals surface area contributed by atoms with E-state index in [1.807, 2.05) is 27.7 Å². The summed E-state index contributed by atoms with van der Waals surface area (Å²) in [5, 5.41) is 2.83. The van der Waals surface area contributed by atoms with E-state index in [9.17, 15) is 18.0 Å². The van der Waals surface area contributed by atoms with E-state index >= 15 is 0 Å². The summed E-state index contributed by atoms with van der Waals surface area (Å²) in [6.07, 6.45) is 1.16. The summed E-state index contributed by atoms with van der Waals surface area (Å²) in [6.45, 7) is 7.34. The molecule has 6 nitrogen and oxygen atoms in total. The lowest BCUT2D eigenvalue weighted by molar-refractivity contribution is -0.123. The standard InChI is InChI=1S/C22H28N2O4S/c1-15(16-10-12-19(13-11-16)29(6,27)28)24(5)20(25)17-8-7-9-18(14-17)23-21(26)22(2,3)4/h7-15H,1-6H3,(H,23,26). The number of anilines is 1. The molecule has 2 rings (SSSR count). The highest BCUT2D eigenvalue weighted by molar-refractivity contribution is 7.90. The first-order valence-electron chi connectivity index (χ1n) is 9.29. The number of rotatable bonds is 5. The molecule has 29 heavy (non-hydrogen) atoms. The predicted molar refractivity (Wildman–Crippen MR) is 115 cm³/mol. The van der Waals surface area contributed by atoms with E-state index in [-0.39, 0.29) is 22.8 Å². The Bertz CT molecular complexity index is 1010. The second kappa shape index (κ2) is 8.37. The molecule has 7 heteroatoms. The van der Waals surface area contributed by atoms with Gasteiger partial charge in [-0.2, -0.15) is 0 Å². The Balaban J connectivity index is 2.19.